The monoisotopic (exact) mass is 472 g/mol. The summed E-state index contributed by atoms with van der Waals surface area (Å²) in [6.07, 6.45) is 0.937. The van der Waals surface area contributed by atoms with Crippen molar-refractivity contribution in [2.45, 2.75) is 38.7 Å². The molecule has 0 fully saturated rings. The van der Waals surface area contributed by atoms with Gasteiger partial charge in [-0.1, -0.05) is 67.6 Å². The van der Waals surface area contributed by atoms with Crippen molar-refractivity contribution < 1.29 is 4.79 Å². The number of thioether (sulfide) groups is 2. The first-order valence-corrected chi connectivity index (χ1v) is 12.9. The smallest absolute Gasteiger partial charge is 0.268 e. The van der Waals surface area contributed by atoms with E-state index in [0.717, 1.165) is 10.7 Å². The van der Waals surface area contributed by atoms with Gasteiger partial charge in [0.05, 0.1) is 4.24 Å². The fourth-order valence-electron chi connectivity index (χ4n) is 3.22. The molecular formula is C28H28N2OS2. The van der Waals surface area contributed by atoms with Crippen LogP contribution in [0.4, 0.5) is 5.69 Å². The van der Waals surface area contributed by atoms with Crippen LogP contribution in [0.2, 0.25) is 0 Å². The van der Waals surface area contributed by atoms with E-state index >= 15 is 0 Å². The number of nitrogens with one attached hydrogen (secondary N) is 1. The van der Waals surface area contributed by atoms with E-state index < -0.39 is 0 Å². The molecule has 5 heteroatoms. The van der Waals surface area contributed by atoms with Gasteiger partial charge in [0.2, 0.25) is 0 Å². The molecule has 3 aromatic carbocycles. The second-order valence-corrected chi connectivity index (χ2v) is 9.94. The molecule has 0 unspecified atom stereocenters. The standard InChI is InChI=1S/C28H28N2OS2/c1-4-22-13-15-25(16-14-22)30-27(31)26(17-29)28(32-18-23-11-7-5-9-20(23)2)33-19-24-12-8-6-10-21(24)3/h5-16H,4,18-19H2,1-3H3,(H,30,31). The molecule has 0 saturated carbocycles. The first-order chi connectivity index (χ1) is 16.0. The number of nitrogens with zero attached hydrogens (tertiary/aromatic N) is 1. The Morgan fingerprint density at radius 1 is 0.848 bits per heavy atom. The first kappa shape index (κ1) is 24.7. The van der Waals surface area contributed by atoms with Crippen LogP contribution in [-0.4, -0.2) is 5.91 Å². The zero-order valence-electron chi connectivity index (χ0n) is 19.2. The Bertz CT molecular complexity index is 1130. The molecule has 0 aliphatic rings. The zero-order valence-corrected chi connectivity index (χ0v) is 20.9. The van der Waals surface area contributed by atoms with Crippen LogP contribution in [0.3, 0.4) is 0 Å². The van der Waals surface area contributed by atoms with Crippen molar-refractivity contribution >= 4 is 35.1 Å². The molecule has 33 heavy (non-hydrogen) atoms. The molecule has 0 heterocycles. The van der Waals surface area contributed by atoms with E-state index in [1.807, 2.05) is 48.5 Å². The van der Waals surface area contributed by atoms with Gasteiger partial charge in [-0.2, -0.15) is 5.26 Å². The minimum absolute atomic E-state index is 0.159. The lowest BCUT2D eigenvalue weighted by Gasteiger charge is -2.13. The number of aryl methyl sites for hydroxylation is 3. The van der Waals surface area contributed by atoms with Crippen molar-refractivity contribution in [2.75, 3.05) is 5.32 Å². The molecule has 1 N–H and O–H groups in total. The van der Waals surface area contributed by atoms with Gasteiger partial charge in [-0.05, 0) is 60.2 Å². The maximum atomic E-state index is 13.1. The van der Waals surface area contributed by atoms with Crippen LogP contribution in [0, 0.1) is 25.2 Å². The summed E-state index contributed by atoms with van der Waals surface area (Å²) in [4.78, 5) is 13.1. The van der Waals surface area contributed by atoms with Crippen molar-refractivity contribution in [2.24, 2.45) is 0 Å². The largest absolute Gasteiger partial charge is 0.321 e. The predicted octanol–water partition coefficient (Wildman–Crippen LogP) is 7.41. The second-order valence-electron chi connectivity index (χ2n) is 7.71. The molecule has 0 radical (unpaired) electrons. The number of carbonyl (C=O) groups excluding carboxylic acids is 1. The molecule has 0 spiro atoms. The van der Waals surface area contributed by atoms with E-state index in [4.69, 9.17) is 0 Å². The van der Waals surface area contributed by atoms with Crippen LogP contribution < -0.4 is 5.32 Å². The third kappa shape index (κ3) is 7.02. The molecular weight excluding hydrogens is 444 g/mol. The highest BCUT2D eigenvalue weighted by Gasteiger charge is 2.18. The Balaban J connectivity index is 1.85. The van der Waals surface area contributed by atoms with Gasteiger partial charge >= 0.3 is 0 Å². The van der Waals surface area contributed by atoms with Crippen molar-refractivity contribution in [3.63, 3.8) is 0 Å². The molecule has 3 nitrogen and oxygen atoms in total. The Morgan fingerprint density at radius 3 is 1.82 bits per heavy atom. The molecule has 1 amide bonds. The molecule has 0 saturated heterocycles. The lowest BCUT2D eigenvalue weighted by molar-refractivity contribution is -0.112. The highest BCUT2D eigenvalue weighted by atomic mass is 32.2. The quantitative estimate of drug-likeness (QED) is 0.260. The maximum Gasteiger partial charge on any atom is 0.268 e. The minimum Gasteiger partial charge on any atom is -0.321 e. The number of hydrogen-bond acceptors (Lipinski definition) is 4. The van der Waals surface area contributed by atoms with Crippen LogP contribution >= 0.6 is 23.5 Å². The first-order valence-electron chi connectivity index (χ1n) is 10.9. The third-order valence-electron chi connectivity index (χ3n) is 5.40. The number of nitriles is 1. The maximum absolute atomic E-state index is 13.1. The van der Waals surface area contributed by atoms with E-state index in [9.17, 15) is 10.1 Å². The van der Waals surface area contributed by atoms with Gasteiger partial charge in [0.15, 0.2) is 0 Å². The van der Waals surface area contributed by atoms with Crippen LogP contribution in [-0.2, 0) is 22.7 Å². The molecule has 3 rings (SSSR count). The topological polar surface area (TPSA) is 52.9 Å². The number of amides is 1. The molecule has 0 bridgehead atoms. The van der Waals surface area contributed by atoms with Crippen LogP contribution in [0.5, 0.6) is 0 Å². The lowest BCUT2D eigenvalue weighted by atomic mass is 10.1. The number of hydrogen-bond donors (Lipinski definition) is 1. The van der Waals surface area contributed by atoms with Crippen LogP contribution in [0.25, 0.3) is 0 Å². The van der Waals surface area contributed by atoms with E-state index in [1.54, 1.807) is 23.5 Å². The summed E-state index contributed by atoms with van der Waals surface area (Å²) in [5.41, 5.74) is 6.85. The minimum atomic E-state index is -0.369. The summed E-state index contributed by atoms with van der Waals surface area (Å²) < 4.78 is 0.742. The Morgan fingerprint density at radius 2 is 1.36 bits per heavy atom. The van der Waals surface area contributed by atoms with Crippen LogP contribution in [0.1, 0.15) is 34.7 Å². The molecule has 168 valence electrons. The normalized spacial score (nSPS) is 10.4. The van der Waals surface area contributed by atoms with Crippen molar-refractivity contribution in [1.82, 2.24) is 0 Å². The highest BCUT2D eigenvalue weighted by Crippen LogP contribution is 2.37. The predicted molar refractivity (Wildman–Crippen MR) is 142 cm³/mol. The second kappa shape index (κ2) is 12.3. The zero-order chi connectivity index (χ0) is 23.6. The Hall–Kier alpha value is -2.94. The average molecular weight is 473 g/mol. The van der Waals surface area contributed by atoms with Gasteiger partial charge < -0.3 is 5.32 Å². The summed E-state index contributed by atoms with van der Waals surface area (Å²) in [5.74, 6) is 1.03. The molecule has 0 aliphatic heterocycles. The van der Waals surface area contributed by atoms with Gasteiger partial charge in [-0.15, -0.1) is 23.5 Å². The number of carbonyl (C=O) groups is 1. The Labute approximate surface area is 205 Å². The van der Waals surface area contributed by atoms with Gasteiger partial charge in [-0.3, -0.25) is 4.79 Å². The van der Waals surface area contributed by atoms with Gasteiger partial charge in [0.1, 0.15) is 11.6 Å². The van der Waals surface area contributed by atoms with E-state index in [0.29, 0.717) is 17.2 Å². The summed E-state index contributed by atoms with van der Waals surface area (Å²) >= 11 is 3.10. The number of anilines is 1. The number of rotatable bonds is 9. The molecule has 3 aromatic rings. The fourth-order valence-corrected chi connectivity index (χ4v) is 5.70. The fraction of sp³-hybridized carbons (Fsp3) is 0.214. The SMILES string of the molecule is CCc1ccc(NC(=O)C(C#N)=C(SCc2ccccc2C)SCc2ccccc2C)cc1. The third-order valence-corrected chi connectivity index (χ3v) is 7.95. The van der Waals surface area contributed by atoms with E-state index in [1.165, 1.54) is 27.8 Å². The highest BCUT2D eigenvalue weighted by molar-refractivity contribution is 8.21. The van der Waals surface area contributed by atoms with E-state index in [-0.39, 0.29) is 11.5 Å². The van der Waals surface area contributed by atoms with Crippen molar-refractivity contribution in [3.8, 4) is 6.07 Å². The summed E-state index contributed by atoms with van der Waals surface area (Å²) in [5, 5.41) is 12.8. The summed E-state index contributed by atoms with van der Waals surface area (Å²) in [6, 6.07) is 26.3. The van der Waals surface area contributed by atoms with Gasteiger partial charge in [0, 0.05) is 17.2 Å². The van der Waals surface area contributed by atoms with Crippen LogP contribution in [0.15, 0.2) is 82.6 Å². The van der Waals surface area contributed by atoms with Gasteiger partial charge in [-0.25, -0.2) is 0 Å². The molecule has 0 aliphatic carbocycles. The summed E-state index contributed by atoms with van der Waals surface area (Å²) in [6.45, 7) is 6.25. The Kier molecular flexibility index (Phi) is 9.24. The average Bonchev–Trinajstić information content (AvgIpc) is 2.83. The molecule has 0 atom stereocenters. The van der Waals surface area contributed by atoms with Gasteiger partial charge in [0.25, 0.3) is 5.91 Å². The van der Waals surface area contributed by atoms with E-state index in [2.05, 4.69) is 56.4 Å². The molecule has 0 aromatic heterocycles. The van der Waals surface area contributed by atoms with Crippen molar-refractivity contribution in [1.29, 1.82) is 5.26 Å². The lowest BCUT2D eigenvalue weighted by Crippen LogP contribution is -2.14. The number of benzene rings is 3. The summed E-state index contributed by atoms with van der Waals surface area (Å²) in [7, 11) is 0. The van der Waals surface area contributed by atoms with Crippen molar-refractivity contribution in [3.05, 3.63) is 110 Å².